The van der Waals surface area contributed by atoms with Crippen molar-refractivity contribution in [2.75, 3.05) is 0 Å². The molecule has 19 heavy (non-hydrogen) atoms. The molecule has 1 aromatic rings. The van der Waals surface area contributed by atoms with Gasteiger partial charge in [0.05, 0.1) is 12.2 Å². The van der Waals surface area contributed by atoms with Crippen LogP contribution in [0.4, 0.5) is 0 Å². The van der Waals surface area contributed by atoms with E-state index in [0.29, 0.717) is 5.75 Å². The summed E-state index contributed by atoms with van der Waals surface area (Å²) in [6.45, 7) is 1.72. The van der Waals surface area contributed by atoms with Crippen LogP contribution in [0.1, 0.15) is 50.7 Å². The monoisotopic (exact) mass is 328 g/mol. The number of hydrogen-bond acceptors (Lipinski definition) is 3. The van der Waals surface area contributed by atoms with Crippen LogP contribution in [0.15, 0.2) is 22.7 Å². The number of hydrogen-bond donors (Lipinski definition) is 2. The zero-order valence-corrected chi connectivity index (χ0v) is 12.8. The van der Waals surface area contributed by atoms with Gasteiger partial charge in [-0.05, 0) is 44.4 Å². The summed E-state index contributed by atoms with van der Waals surface area (Å²) >= 11 is 3.40. The van der Waals surface area contributed by atoms with E-state index < -0.39 is 12.2 Å². The van der Waals surface area contributed by atoms with Crippen LogP contribution in [0.25, 0.3) is 0 Å². The molecule has 1 saturated carbocycles. The van der Waals surface area contributed by atoms with E-state index in [1.165, 1.54) is 0 Å². The van der Waals surface area contributed by atoms with Crippen LogP contribution in [0.5, 0.6) is 5.75 Å². The second-order valence-corrected chi connectivity index (χ2v) is 6.14. The lowest BCUT2D eigenvalue weighted by molar-refractivity contribution is 0.0299. The molecule has 1 aliphatic rings. The Morgan fingerprint density at radius 1 is 1.26 bits per heavy atom. The Hall–Kier alpha value is -0.580. The number of aliphatic hydroxyl groups is 2. The predicted molar refractivity (Wildman–Crippen MR) is 78.3 cm³/mol. The maximum atomic E-state index is 10.1. The van der Waals surface area contributed by atoms with Gasteiger partial charge in [0.25, 0.3) is 0 Å². The van der Waals surface area contributed by atoms with E-state index in [9.17, 15) is 10.2 Å². The van der Waals surface area contributed by atoms with Crippen molar-refractivity contribution in [2.45, 2.75) is 57.3 Å². The SMILES string of the molecule is C[C@H](O)c1cc(Br)ccc1OC1CCCCCC1O. The number of halogens is 1. The molecule has 2 rings (SSSR count). The zero-order valence-electron chi connectivity index (χ0n) is 11.2. The standard InChI is InChI=1S/C15H21BrO3/c1-10(17)12-9-11(16)7-8-14(12)19-15-6-4-2-3-5-13(15)18/h7-10,13,15,17-18H,2-6H2,1H3/t10-,13?,15?/m0/s1. The van der Waals surface area contributed by atoms with Gasteiger partial charge in [-0.25, -0.2) is 0 Å². The largest absolute Gasteiger partial charge is 0.487 e. The van der Waals surface area contributed by atoms with Crippen molar-refractivity contribution in [3.63, 3.8) is 0 Å². The van der Waals surface area contributed by atoms with Crippen molar-refractivity contribution in [2.24, 2.45) is 0 Å². The van der Waals surface area contributed by atoms with Crippen LogP contribution < -0.4 is 4.74 Å². The minimum Gasteiger partial charge on any atom is -0.487 e. The van der Waals surface area contributed by atoms with Crippen molar-refractivity contribution in [3.8, 4) is 5.75 Å². The maximum absolute atomic E-state index is 10.1. The molecule has 0 amide bonds. The summed E-state index contributed by atoms with van der Waals surface area (Å²) in [6.07, 6.45) is 3.80. The Kier molecular flexibility index (Phi) is 5.25. The van der Waals surface area contributed by atoms with Crippen molar-refractivity contribution >= 4 is 15.9 Å². The number of aliphatic hydroxyl groups excluding tert-OH is 2. The summed E-state index contributed by atoms with van der Waals surface area (Å²) in [5, 5.41) is 19.9. The quantitative estimate of drug-likeness (QED) is 0.834. The fourth-order valence-electron chi connectivity index (χ4n) is 2.51. The van der Waals surface area contributed by atoms with E-state index in [1.807, 2.05) is 18.2 Å². The Morgan fingerprint density at radius 2 is 2.00 bits per heavy atom. The number of ether oxygens (including phenoxy) is 1. The summed E-state index contributed by atoms with van der Waals surface area (Å²) in [5.74, 6) is 0.671. The maximum Gasteiger partial charge on any atom is 0.125 e. The molecule has 0 saturated heterocycles. The first-order valence-electron chi connectivity index (χ1n) is 6.90. The molecule has 0 spiro atoms. The summed E-state index contributed by atoms with van der Waals surface area (Å²) < 4.78 is 6.88. The van der Waals surface area contributed by atoms with Gasteiger partial charge < -0.3 is 14.9 Å². The first kappa shape index (κ1) is 14.8. The summed E-state index contributed by atoms with van der Waals surface area (Å²) in [6, 6.07) is 5.61. The van der Waals surface area contributed by atoms with Crippen LogP contribution >= 0.6 is 15.9 Å². The fourth-order valence-corrected chi connectivity index (χ4v) is 2.89. The van der Waals surface area contributed by atoms with Crippen LogP contribution in [-0.4, -0.2) is 22.4 Å². The molecule has 0 radical (unpaired) electrons. The van der Waals surface area contributed by atoms with E-state index in [2.05, 4.69) is 15.9 Å². The predicted octanol–water partition coefficient (Wildman–Crippen LogP) is 3.57. The van der Waals surface area contributed by atoms with Gasteiger partial charge >= 0.3 is 0 Å². The minimum absolute atomic E-state index is 0.166. The van der Waals surface area contributed by atoms with Crippen LogP contribution in [0, 0.1) is 0 Å². The normalized spacial score (nSPS) is 25.7. The van der Waals surface area contributed by atoms with E-state index in [4.69, 9.17) is 4.74 Å². The Labute approximate surface area is 122 Å². The van der Waals surface area contributed by atoms with Gasteiger partial charge in [0.2, 0.25) is 0 Å². The highest BCUT2D eigenvalue weighted by Gasteiger charge is 2.24. The lowest BCUT2D eigenvalue weighted by atomic mass is 10.1. The van der Waals surface area contributed by atoms with E-state index >= 15 is 0 Å². The second-order valence-electron chi connectivity index (χ2n) is 5.22. The highest BCUT2D eigenvalue weighted by molar-refractivity contribution is 9.10. The molecule has 0 heterocycles. The molecule has 106 valence electrons. The van der Waals surface area contributed by atoms with Gasteiger partial charge in [-0.1, -0.05) is 28.8 Å². The molecule has 1 fully saturated rings. The first-order chi connectivity index (χ1) is 9.08. The lowest BCUT2D eigenvalue weighted by Crippen LogP contribution is -2.30. The molecule has 4 heteroatoms. The average Bonchev–Trinajstić information content (AvgIpc) is 2.57. The van der Waals surface area contributed by atoms with E-state index in [-0.39, 0.29) is 6.10 Å². The highest BCUT2D eigenvalue weighted by Crippen LogP contribution is 2.31. The molecule has 3 nitrogen and oxygen atoms in total. The Morgan fingerprint density at radius 3 is 2.74 bits per heavy atom. The molecule has 0 aromatic heterocycles. The fraction of sp³-hybridized carbons (Fsp3) is 0.600. The van der Waals surface area contributed by atoms with Crippen LogP contribution in [0.2, 0.25) is 0 Å². The van der Waals surface area contributed by atoms with Gasteiger partial charge in [0.15, 0.2) is 0 Å². The van der Waals surface area contributed by atoms with Crippen molar-refractivity contribution in [1.82, 2.24) is 0 Å². The molecule has 2 N–H and O–H groups in total. The van der Waals surface area contributed by atoms with Crippen molar-refractivity contribution < 1.29 is 14.9 Å². The molecular weight excluding hydrogens is 308 g/mol. The third-order valence-electron chi connectivity index (χ3n) is 3.62. The first-order valence-corrected chi connectivity index (χ1v) is 7.69. The van der Waals surface area contributed by atoms with Gasteiger partial charge in [0.1, 0.15) is 11.9 Å². The summed E-state index contributed by atoms with van der Waals surface area (Å²) in [4.78, 5) is 0. The summed E-state index contributed by atoms with van der Waals surface area (Å²) in [5.41, 5.74) is 0.755. The van der Waals surface area contributed by atoms with E-state index in [0.717, 1.165) is 42.1 Å². The van der Waals surface area contributed by atoms with Gasteiger partial charge in [-0.3, -0.25) is 0 Å². The topological polar surface area (TPSA) is 49.7 Å². The molecule has 0 aliphatic heterocycles. The van der Waals surface area contributed by atoms with Crippen LogP contribution in [0.3, 0.4) is 0 Å². The van der Waals surface area contributed by atoms with E-state index in [1.54, 1.807) is 6.92 Å². The Bertz CT molecular complexity index is 420. The minimum atomic E-state index is -0.588. The number of benzene rings is 1. The lowest BCUT2D eigenvalue weighted by Gasteiger charge is -2.24. The van der Waals surface area contributed by atoms with Gasteiger partial charge in [0, 0.05) is 10.0 Å². The third-order valence-corrected chi connectivity index (χ3v) is 4.11. The van der Waals surface area contributed by atoms with Crippen molar-refractivity contribution in [3.05, 3.63) is 28.2 Å². The zero-order chi connectivity index (χ0) is 13.8. The smallest absolute Gasteiger partial charge is 0.125 e. The molecule has 3 atom stereocenters. The van der Waals surface area contributed by atoms with Gasteiger partial charge in [-0.2, -0.15) is 0 Å². The van der Waals surface area contributed by atoms with Crippen molar-refractivity contribution in [1.29, 1.82) is 0 Å². The molecule has 2 unspecified atom stereocenters. The third kappa shape index (κ3) is 3.94. The molecule has 0 bridgehead atoms. The Balaban J connectivity index is 2.17. The number of rotatable bonds is 3. The van der Waals surface area contributed by atoms with Crippen LogP contribution in [-0.2, 0) is 0 Å². The second kappa shape index (κ2) is 6.73. The van der Waals surface area contributed by atoms with Gasteiger partial charge in [-0.15, -0.1) is 0 Å². The molecule has 1 aliphatic carbocycles. The molecule has 1 aromatic carbocycles. The summed E-state index contributed by atoms with van der Waals surface area (Å²) in [7, 11) is 0. The average molecular weight is 329 g/mol. The molecular formula is C15H21BrO3. The highest BCUT2D eigenvalue weighted by atomic mass is 79.9.